The molecular formula is C9H13BrClNOS. The minimum absolute atomic E-state index is 0.761. The normalized spacial score (nSPS) is 10.8. The van der Waals surface area contributed by atoms with Gasteiger partial charge in [0.2, 0.25) is 0 Å². The van der Waals surface area contributed by atoms with Crippen LogP contribution in [0.4, 0.5) is 0 Å². The minimum atomic E-state index is 0.761. The fourth-order valence-electron chi connectivity index (χ4n) is 0.979. The number of rotatable bonds is 6. The number of hydrogen-bond acceptors (Lipinski definition) is 3. The summed E-state index contributed by atoms with van der Waals surface area (Å²) in [5.41, 5.74) is 0. The monoisotopic (exact) mass is 297 g/mol. The Morgan fingerprint density at radius 1 is 1.64 bits per heavy atom. The fourth-order valence-corrected chi connectivity index (χ4v) is 2.74. The molecule has 1 aromatic rings. The number of ether oxygens (including phenoxy) is 1. The summed E-state index contributed by atoms with van der Waals surface area (Å²) in [6.07, 6.45) is 0. The molecular weight excluding hydrogens is 286 g/mol. The molecule has 0 amide bonds. The van der Waals surface area contributed by atoms with E-state index in [1.807, 2.05) is 13.0 Å². The molecule has 1 N–H and O–H groups in total. The molecule has 0 aliphatic rings. The van der Waals surface area contributed by atoms with E-state index in [-0.39, 0.29) is 0 Å². The van der Waals surface area contributed by atoms with Gasteiger partial charge in [0.05, 0.1) is 6.61 Å². The average molecular weight is 299 g/mol. The predicted octanol–water partition coefficient (Wildman–Crippen LogP) is 3.29. The van der Waals surface area contributed by atoms with Crippen LogP contribution in [-0.4, -0.2) is 19.8 Å². The Balaban J connectivity index is 2.18. The van der Waals surface area contributed by atoms with E-state index in [0.717, 1.165) is 35.1 Å². The Morgan fingerprint density at radius 3 is 3.00 bits per heavy atom. The van der Waals surface area contributed by atoms with Gasteiger partial charge in [-0.2, -0.15) is 0 Å². The maximum absolute atomic E-state index is 5.91. The lowest BCUT2D eigenvalue weighted by atomic mass is 10.4. The van der Waals surface area contributed by atoms with Crippen molar-refractivity contribution < 1.29 is 4.74 Å². The highest BCUT2D eigenvalue weighted by Gasteiger charge is 2.03. The summed E-state index contributed by atoms with van der Waals surface area (Å²) in [7, 11) is 0. The van der Waals surface area contributed by atoms with Crippen LogP contribution >= 0.6 is 38.9 Å². The van der Waals surface area contributed by atoms with Gasteiger partial charge >= 0.3 is 0 Å². The van der Waals surface area contributed by atoms with E-state index in [1.165, 1.54) is 4.88 Å². The van der Waals surface area contributed by atoms with Gasteiger partial charge in [0.15, 0.2) is 0 Å². The maximum atomic E-state index is 5.91. The van der Waals surface area contributed by atoms with Crippen molar-refractivity contribution in [3.05, 3.63) is 19.8 Å². The van der Waals surface area contributed by atoms with E-state index in [2.05, 4.69) is 21.2 Å². The maximum Gasteiger partial charge on any atom is 0.107 e. The molecule has 14 heavy (non-hydrogen) atoms. The van der Waals surface area contributed by atoms with Crippen LogP contribution < -0.4 is 5.32 Å². The summed E-state index contributed by atoms with van der Waals surface area (Å²) >= 11 is 10.9. The average Bonchev–Trinajstić information content (AvgIpc) is 2.46. The molecule has 0 unspecified atom stereocenters. The third-order valence-electron chi connectivity index (χ3n) is 1.62. The van der Waals surface area contributed by atoms with Crippen molar-refractivity contribution in [2.24, 2.45) is 0 Å². The van der Waals surface area contributed by atoms with Gasteiger partial charge in [0.25, 0.3) is 0 Å². The second-order valence-corrected chi connectivity index (χ2v) is 5.30. The van der Waals surface area contributed by atoms with Gasteiger partial charge in [-0.3, -0.25) is 0 Å². The van der Waals surface area contributed by atoms with Crippen molar-refractivity contribution in [3.63, 3.8) is 0 Å². The number of thiophene rings is 1. The Kier molecular flexibility index (Phi) is 6.05. The second-order valence-electron chi connectivity index (χ2n) is 2.71. The quantitative estimate of drug-likeness (QED) is 0.814. The first-order valence-corrected chi connectivity index (χ1v) is 6.45. The topological polar surface area (TPSA) is 21.3 Å². The molecule has 1 aromatic heterocycles. The van der Waals surface area contributed by atoms with Gasteiger partial charge in [0, 0.05) is 29.0 Å². The van der Waals surface area contributed by atoms with Crippen LogP contribution in [0.5, 0.6) is 0 Å². The molecule has 0 radical (unpaired) electrons. The molecule has 0 fully saturated rings. The van der Waals surface area contributed by atoms with Crippen molar-refractivity contribution >= 4 is 38.9 Å². The van der Waals surface area contributed by atoms with Crippen molar-refractivity contribution in [1.82, 2.24) is 5.32 Å². The standard InChI is InChI=1S/C9H13BrClNOS/c1-2-13-4-3-12-6-7-5-8(10)9(11)14-7/h5,12H,2-4,6H2,1H3. The predicted molar refractivity (Wildman–Crippen MR) is 65.2 cm³/mol. The van der Waals surface area contributed by atoms with E-state index in [0.29, 0.717) is 0 Å². The third-order valence-corrected chi connectivity index (χ3v) is 4.10. The third kappa shape index (κ3) is 4.28. The van der Waals surface area contributed by atoms with E-state index >= 15 is 0 Å². The van der Waals surface area contributed by atoms with Crippen LogP contribution in [0.15, 0.2) is 10.5 Å². The van der Waals surface area contributed by atoms with Gasteiger partial charge in [-0.1, -0.05) is 11.6 Å². The van der Waals surface area contributed by atoms with Crippen LogP contribution in [0.3, 0.4) is 0 Å². The minimum Gasteiger partial charge on any atom is -0.380 e. The second kappa shape index (κ2) is 6.80. The molecule has 0 aromatic carbocycles. The Bertz CT molecular complexity index is 260. The first-order chi connectivity index (χ1) is 6.74. The zero-order valence-electron chi connectivity index (χ0n) is 7.98. The molecule has 0 spiro atoms. The van der Waals surface area contributed by atoms with Crippen LogP contribution in [0.1, 0.15) is 11.8 Å². The molecule has 1 rings (SSSR count). The highest BCUT2D eigenvalue weighted by molar-refractivity contribution is 9.10. The number of hydrogen-bond donors (Lipinski definition) is 1. The van der Waals surface area contributed by atoms with Gasteiger partial charge in [-0.05, 0) is 28.9 Å². The number of nitrogens with one attached hydrogen (secondary N) is 1. The largest absolute Gasteiger partial charge is 0.380 e. The Morgan fingerprint density at radius 2 is 2.43 bits per heavy atom. The summed E-state index contributed by atoms with van der Waals surface area (Å²) in [5, 5.41) is 3.28. The van der Waals surface area contributed by atoms with Gasteiger partial charge in [-0.15, -0.1) is 11.3 Å². The zero-order valence-corrected chi connectivity index (χ0v) is 11.1. The van der Waals surface area contributed by atoms with Gasteiger partial charge in [0.1, 0.15) is 4.34 Å². The first-order valence-electron chi connectivity index (χ1n) is 4.46. The van der Waals surface area contributed by atoms with Crippen LogP contribution in [0.25, 0.3) is 0 Å². The summed E-state index contributed by atoms with van der Waals surface area (Å²) in [4.78, 5) is 1.23. The molecule has 80 valence electrons. The van der Waals surface area contributed by atoms with Crippen molar-refractivity contribution in [1.29, 1.82) is 0 Å². The van der Waals surface area contributed by atoms with Gasteiger partial charge in [-0.25, -0.2) is 0 Å². The molecule has 0 aliphatic heterocycles. The van der Waals surface area contributed by atoms with Gasteiger partial charge < -0.3 is 10.1 Å². The van der Waals surface area contributed by atoms with Crippen molar-refractivity contribution in [3.8, 4) is 0 Å². The summed E-state index contributed by atoms with van der Waals surface area (Å²) in [6, 6.07) is 2.04. The summed E-state index contributed by atoms with van der Waals surface area (Å²) < 4.78 is 7.00. The van der Waals surface area contributed by atoms with Crippen molar-refractivity contribution in [2.45, 2.75) is 13.5 Å². The molecule has 0 atom stereocenters. The van der Waals surface area contributed by atoms with E-state index in [9.17, 15) is 0 Å². The smallest absolute Gasteiger partial charge is 0.107 e. The number of halogens is 2. The Hall–Kier alpha value is 0.390. The molecule has 1 heterocycles. The SMILES string of the molecule is CCOCCNCc1cc(Br)c(Cl)s1. The van der Waals surface area contributed by atoms with Crippen LogP contribution in [-0.2, 0) is 11.3 Å². The molecule has 0 aliphatic carbocycles. The lowest BCUT2D eigenvalue weighted by molar-refractivity contribution is 0.149. The molecule has 2 nitrogen and oxygen atoms in total. The highest BCUT2D eigenvalue weighted by Crippen LogP contribution is 2.31. The van der Waals surface area contributed by atoms with E-state index in [4.69, 9.17) is 16.3 Å². The van der Waals surface area contributed by atoms with Crippen LogP contribution in [0.2, 0.25) is 4.34 Å². The molecule has 0 saturated carbocycles. The molecule has 0 saturated heterocycles. The molecule has 5 heteroatoms. The lowest BCUT2D eigenvalue weighted by Crippen LogP contribution is -2.18. The molecule has 0 bridgehead atoms. The first kappa shape index (κ1) is 12.5. The fraction of sp³-hybridized carbons (Fsp3) is 0.556. The Labute approximate surface area is 102 Å². The zero-order chi connectivity index (χ0) is 10.4. The lowest BCUT2D eigenvalue weighted by Gasteiger charge is -2.02. The van der Waals surface area contributed by atoms with Crippen LogP contribution in [0, 0.1) is 0 Å². The van der Waals surface area contributed by atoms with E-state index in [1.54, 1.807) is 11.3 Å². The summed E-state index contributed by atoms with van der Waals surface area (Å²) in [6.45, 7) is 5.26. The summed E-state index contributed by atoms with van der Waals surface area (Å²) in [5.74, 6) is 0. The van der Waals surface area contributed by atoms with Crippen molar-refractivity contribution in [2.75, 3.05) is 19.8 Å². The highest BCUT2D eigenvalue weighted by atomic mass is 79.9. The van der Waals surface area contributed by atoms with E-state index < -0.39 is 0 Å².